The van der Waals surface area contributed by atoms with Gasteiger partial charge in [-0.2, -0.15) is 23.5 Å². The highest BCUT2D eigenvalue weighted by molar-refractivity contribution is 7.99. The Hall–Kier alpha value is 0.400. The van der Waals surface area contributed by atoms with E-state index in [1.54, 1.807) is 0 Å². The molecule has 1 saturated heterocycles. The number of nitrogens with one attached hydrogen (secondary N) is 1. The summed E-state index contributed by atoms with van der Waals surface area (Å²) < 4.78 is 0. The molecule has 0 aliphatic carbocycles. The van der Waals surface area contributed by atoms with Gasteiger partial charge in [-0.25, -0.2) is 0 Å². The zero-order valence-corrected chi connectivity index (χ0v) is 11.6. The zero-order chi connectivity index (χ0) is 11.1. The Morgan fingerprint density at radius 1 is 1.60 bits per heavy atom. The molecule has 0 aromatic carbocycles. The van der Waals surface area contributed by atoms with Crippen LogP contribution in [0, 0.1) is 5.41 Å². The average Bonchev–Trinajstić information content (AvgIpc) is 2.16. The Labute approximate surface area is 103 Å². The van der Waals surface area contributed by atoms with E-state index in [0.29, 0.717) is 5.41 Å². The fraction of sp³-hybridized carbons (Fsp3) is 0.833. The maximum absolute atomic E-state index is 3.72. The van der Waals surface area contributed by atoms with E-state index in [2.05, 4.69) is 37.5 Å². The summed E-state index contributed by atoms with van der Waals surface area (Å²) in [7, 11) is 0. The Kier molecular flexibility index (Phi) is 6.17. The first kappa shape index (κ1) is 13.5. The van der Waals surface area contributed by atoms with Gasteiger partial charge in [0, 0.05) is 29.8 Å². The molecule has 1 rings (SSSR count). The third-order valence-corrected chi connectivity index (χ3v) is 5.11. The topological polar surface area (TPSA) is 12.0 Å². The lowest BCUT2D eigenvalue weighted by atomic mass is 9.88. The van der Waals surface area contributed by atoms with Crippen LogP contribution >= 0.6 is 23.5 Å². The quantitative estimate of drug-likeness (QED) is 0.571. The van der Waals surface area contributed by atoms with Gasteiger partial charge in [0.1, 0.15) is 0 Å². The summed E-state index contributed by atoms with van der Waals surface area (Å²) in [6.45, 7) is 9.61. The van der Waals surface area contributed by atoms with Crippen molar-refractivity contribution in [2.24, 2.45) is 5.41 Å². The Bertz CT molecular complexity index is 192. The minimum atomic E-state index is 0.523. The van der Waals surface area contributed by atoms with E-state index < -0.39 is 0 Å². The fourth-order valence-electron chi connectivity index (χ4n) is 1.90. The van der Waals surface area contributed by atoms with Crippen LogP contribution in [0.15, 0.2) is 12.7 Å². The van der Waals surface area contributed by atoms with E-state index in [4.69, 9.17) is 0 Å². The molecular weight excluding hydrogens is 222 g/mol. The normalized spacial score (nSPS) is 25.1. The molecule has 0 spiro atoms. The van der Waals surface area contributed by atoms with Gasteiger partial charge < -0.3 is 5.32 Å². The van der Waals surface area contributed by atoms with Gasteiger partial charge in [-0.05, 0) is 17.6 Å². The molecule has 0 amide bonds. The number of hydrogen-bond acceptors (Lipinski definition) is 3. The molecule has 0 saturated carbocycles. The maximum Gasteiger partial charge on any atom is 0.0163 e. The Morgan fingerprint density at radius 2 is 2.40 bits per heavy atom. The van der Waals surface area contributed by atoms with Crippen LogP contribution in [-0.4, -0.2) is 35.6 Å². The van der Waals surface area contributed by atoms with Gasteiger partial charge in [-0.15, -0.1) is 6.58 Å². The molecule has 15 heavy (non-hydrogen) atoms. The SMILES string of the molecule is C=CCSCCNC1CSCC(C)(C)C1. The molecule has 0 aromatic heterocycles. The first-order chi connectivity index (χ1) is 7.14. The van der Waals surface area contributed by atoms with Gasteiger partial charge in [-0.3, -0.25) is 0 Å². The standard InChI is InChI=1S/C12H23NS2/c1-4-6-14-7-5-13-11-8-12(2,3)10-15-9-11/h4,11,13H,1,5-10H2,2-3H3. The second-order valence-corrected chi connectivity index (χ2v) is 7.08. The van der Waals surface area contributed by atoms with E-state index in [1.165, 1.54) is 23.7 Å². The van der Waals surface area contributed by atoms with Crippen LogP contribution in [0.3, 0.4) is 0 Å². The van der Waals surface area contributed by atoms with Crippen molar-refractivity contribution >= 4 is 23.5 Å². The highest BCUT2D eigenvalue weighted by Gasteiger charge is 2.27. The van der Waals surface area contributed by atoms with Crippen molar-refractivity contribution in [3.63, 3.8) is 0 Å². The van der Waals surface area contributed by atoms with E-state index in [-0.39, 0.29) is 0 Å². The number of rotatable bonds is 6. The van der Waals surface area contributed by atoms with Crippen LogP contribution < -0.4 is 5.32 Å². The molecule has 0 bridgehead atoms. The molecule has 1 atom stereocenters. The van der Waals surface area contributed by atoms with Crippen molar-refractivity contribution in [3.05, 3.63) is 12.7 Å². The summed E-state index contributed by atoms with van der Waals surface area (Å²) in [6.07, 6.45) is 3.30. The molecular formula is C12H23NS2. The minimum absolute atomic E-state index is 0.523. The van der Waals surface area contributed by atoms with Gasteiger partial charge in [-0.1, -0.05) is 19.9 Å². The number of hydrogen-bond donors (Lipinski definition) is 1. The third-order valence-electron chi connectivity index (χ3n) is 2.53. The highest BCUT2D eigenvalue weighted by Crippen LogP contribution is 2.33. The molecule has 88 valence electrons. The maximum atomic E-state index is 3.72. The Balaban J connectivity index is 2.08. The lowest BCUT2D eigenvalue weighted by molar-refractivity contribution is 0.321. The number of thioether (sulfide) groups is 2. The lowest BCUT2D eigenvalue weighted by Gasteiger charge is -2.35. The summed E-state index contributed by atoms with van der Waals surface area (Å²) >= 11 is 4.05. The van der Waals surface area contributed by atoms with Crippen molar-refractivity contribution in [3.8, 4) is 0 Å². The molecule has 1 aliphatic rings. The van der Waals surface area contributed by atoms with E-state index >= 15 is 0 Å². The molecule has 3 heteroatoms. The fourth-order valence-corrected chi connectivity index (χ4v) is 3.80. The smallest absolute Gasteiger partial charge is 0.0163 e. The van der Waals surface area contributed by atoms with Gasteiger partial charge >= 0.3 is 0 Å². The monoisotopic (exact) mass is 245 g/mol. The first-order valence-corrected chi connectivity index (χ1v) is 7.95. The van der Waals surface area contributed by atoms with E-state index in [1.807, 2.05) is 17.8 Å². The van der Waals surface area contributed by atoms with Crippen LogP contribution in [0.4, 0.5) is 0 Å². The molecule has 1 fully saturated rings. The second kappa shape index (κ2) is 6.87. The molecule has 0 aromatic rings. The molecule has 1 aliphatic heterocycles. The largest absolute Gasteiger partial charge is 0.312 e. The van der Waals surface area contributed by atoms with Crippen LogP contribution in [0.5, 0.6) is 0 Å². The predicted octanol–water partition coefficient (Wildman–Crippen LogP) is 3.03. The van der Waals surface area contributed by atoms with Gasteiger partial charge in [0.25, 0.3) is 0 Å². The van der Waals surface area contributed by atoms with Crippen molar-refractivity contribution in [2.45, 2.75) is 26.3 Å². The summed E-state index contributed by atoms with van der Waals surface area (Å²) in [5.74, 6) is 4.88. The Morgan fingerprint density at radius 3 is 3.07 bits per heavy atom. The predicted molar refractivity (Wildman–Crippen MR) is 75.0 cm³/mol. The van der Waals surface area contributed by atoms with Crippen LogP contribution in [-0.2, 0) is 0 Å². The van der Waals surface area contributed by atoms with Crippen molar-refractivity contribution in [1.82, 2.24) is 5.32 Å². The molecule has 0 radical (unpaired) electrons. The molecule has 1 nitrogen and oxygen atoms in total. The van der Waals surface area contributed by atoms with Crippen LogP contribution in [0.2, 0.25) is 0 Å². The summed E-state index contributed by atoms with van der Waals surface area (Å²) in [6, 6.07) is 0.725. The van der Waals surface area contributed by atoms with Crippen LogP contribution in [0.25, 0.3) is 0 Å². The van der Waals surface area contributed by atoms with Crippen molar-refractivity contribution < 1.29 is 0 Å². The van der Waals surface area contributed by atoms with Gasteiger partial charge in [0.15, 0.2) is 0 Å². The second-order valence-electron chi connectivity index (χ2n) is 4.90. The minimum Gasteiger partial charge on any atom is -0.312 e. The first-order valence-electron chi connectivity index (χ1n) is 5.64. The zero-order valence-electron chi connectivity index (χ0n) is 9.92. The van der Waals surface area contributed by atoms with E-state index in [0.717, 1.165) is 18.3 Å². The summed E-state index contributed by atoms with van der Waals surface area (Å²) in [5, 5.41) is 3.66. The van der Waals surface area contributed by atoms with Crippen molar-refractivity contribution in [1.29, 1.82) is 0 Å². The lowest BCUT2D eigenvalue weighted by Crippen LogP contribution is -2.41. The molecule has 1 N–H and O–H groups in total. The average molecular weight is 245 g/mol. The summed E-state index contributed by atoms with van der Waals surface area (Å²) in [4.78, 5) is 0. The van der Waals surface area contributed by atoms with Crippen LogP contribution in [0.1, 0.15) is 20.3 Å². The third kappa shape index (κ3) is 5.88. The van der Waals surface area contributed by atoms with E-state index in [9.17, 15) is 0 Å². The molecule has 1 heterocycles. The molecule has 1 unspecified atom stereocenters. The van der Waals surface area contributed by atoms with Gasteiger partial charge in [0.05, 0.1) is 0 Å². The highest BCUT2D eigenvalue weighted by atomic mass is 32.2. The van der Waals surface area contributed by atoms with Gasteiger partial charge in [0.2, 0.25) is 0 Å². The summed E-state index contributed by atoms with van der Waals surface area (Å²) in [5.41, 5.74) is 0.523. The van der Waals surface area contributed by atoms with Crippen molar-refractivity contribution in [2.75, 3.05) is 29.6 Å².